The van der Waals surface area contributed by atoms with E-state index in [9.17, 15) is 14.4 Å². The summed E-state index contributed by atoms with van der Waals surface area (Å²) in [5.74, 6) is -0.358. The second-order valence-electron chi connectivity index (χ2n) is 6.38. The highest BCUT2D eigenvalue weighted by molar-refractivity contribution is 6.00. The zero-order chi connectivity index (χ0) is 18.9. The number of anilines is 1. The van der Waals surface area contributed by atoms with Crippen molar-refractivity contribution in [3.63, 3.8) is 0 Å². The van der Waals surface area contributed by atoms with Crippen LogP contribution in [-0.2, 0) is 14.4 Å². The fourth-order valence-corrected chi connectivity index (χ4v) is 2.87. The Morgan fingerprint density at radius 2 is 1.88 bits per heavy atom. The number of carbonyl (C=O) groups excluding carboxylic acids is 2. The van der Waals surface area contributed by atoms with Crippen LogP contribution in [0.2, 0.25) is 0 Å². The van der Waals surface area contributed by atoms with Gasteiger partial charge in [0.25, 0.3) is 5.91 Å². The van der Waals surface area contributed by atoms with Gasteiger partial charge in [0.05, 0.1) is 5.69 Å². The quantitative estimate of drug-likeness (QED) is 0.623. The first-order chi connectivity index (χ1) is 12.5. The number of carboxylic acid groups (broad SMARTS) is 1. The zero-order valence-corrected chi connectivity index (χ0v) is 15.1. The van der Waals surface area contributed by atoms with Gasteiger partial charge in [0, 0.05) is 25.9 Å². The lowest BCUT2D eigenvalue weighted by atomic mass is 10.1. The van der Waals surface area contributed by atoms with Crippen molar-refractivity contribution in [1.82, 2.24) is 5.32 Å². The van der Waals surface area contributed by atoms with Gasteiger partial charge in [-0.3, -0.25) is 14.4 Å². The Labute approximate surface area is 153 Å². The number of rotatable bonds is 10. The summed E-state index contributed by atoms with van der Waals surface area (Å²) in [4.78, 5) is 36.4. The van der Waals surface area contributed by atoms with E-state index < -0.39 is 12.1 Å². The molecule has 0 spiro atoms. The van der Waals surface area contributed by atoms with Gasteiger partial charge in [-0.15, -0.1) is 0 Å². The first-order valence-corrected chi connectivity index (χ1v) is 9.04. The van der Waals surface area contributed by atoms with Crippen molar-refractivity contribution < 1.29 is 24.2 Å². The standard InChI is InChI=1S/C19H26N2O5/c1-14-19(25)21(15-8-5-6-9-16(15)26-14)13-11-17(22)20-12-7-3-2-4-10-18(23)24/h5-6,8-9,14H,2-4,7,10-13H2,1H3,(H,20,22)(H,23,24). The summed E-state index contributed by atoms with van der Waals surface area (Å²) >= 11 is 0. The number of carboxylic acids is 1. The molecule has 0 aromatic heterocycles. The molecule has 0 aliphatic carbocycles. The normalized spacial score (nSPS) is 16.0. The van der Waals surface area contributed by atoms with Crippen molar-refractivity contribution in [3.8, 4) is 5.75 Å². The highest BCUT2D eigenvalue weighted by Gasteiger charge is 2.31. The smallest absolute Gasteiger partial charge is 0.303 e. The van der Waals surface area contributed by atoms with Crippen molar-refractivity contribution in [2.75, 3.05) is 18.0 Å². The minimum atomic E-state index is -0.771. The molecule has 2 rings (SSSR count). The zero-order valence-electron chi connectivity index (χ0n) is 15.1. The van der Waals surface area contributed by atoms with E-state index in [-0.39, 0.29) is 24.7 Å². The minimum Gasteiger partial charge on any atom is -0.481 e. The molecule has 0 saturated heterocycles. The first-order valence-electron chi connectivity index (χ1n) is 9.04. The number of amides is 2. The Balaban J connectivity index is 1.70. The summed E-state index contributed by atoms with van der Waals surface area (Å²) in [6.07, 6.45) is 3.09. The SMILES string of the molecule is CC1Oc2ccccc2N(CCC(=O)NCCCCCCC(=O)O)C1=O. The third kappa shape index (κ3) is 5.75. The lowest BCUT2D eigenvalue weighted by Crippen LogP contribution is -2.45. The molecule has 7 nitrogen and oxygen atoms in total. The van der Waals surface area contributed by atoms with Gasteiger partial charge in [0.2, 0.25) is 5.91 Å². The van der Waals surface area contributed by atoms with Crippen LogP contribution in [0.5, 0.6) is 5.75 Å². The summed E-state index contributed by atoms with van der Waals surface area (Å²) in [5.41, 5.74) is 0.696. The lowest BCUT2D eigenvalue weighted by Gasteiger charge is -2.32. The van der Waals surface area contributed by atoms with Crippen LogP contribution in [0.15, 0.2) is 24.3 Å². The van der Waals surface area contributed by atoms with Gasteiger partial charge in [-0.1, -0.05) is 25.0 Å². The Morgan fingerprint density at radius 3 is 2.65 bits per heavy atom. The predicted octanol–water partition coefficient (Wildman–Crippen LogP) is 2.34. The monoisotopic (exact) mass is 362 g/mol. The van der Waals surface area contributed by atoms with E-state index in [1.165, 1.54) is 0 Å². The minimum absolute atomic E-state index is 0.0973. The van der Waals surface area contributed by atoms with Crippen LogP contribution in [0.25, 0.3) is 0 Å². The molecule has 26 heavy (non-hydrogen) atoms. The van der Waals surface area contributed by atoms with E-state index in [0.717, 1.165) is 19.3 Å². The molecule has 1 aliphatic rings. The highest BCUT2D eigenvalue weighted by atomic mass is 16.5. The van der Waals surface area contributed by atoms with Crippen LogP contribution < -0.4 is 15.0 Å². The van der Waals surface area contributed by atoms with Gasteiger partial charge < -0.3 is 20.1 Å². The average Bonchev–Trinajstić information content (AvgIpc) is 2.61. The summed E-state index contributed by atoms with van der Waals surface area (Å²) in [6, 6.07) is 7.31. The molecule has 0 bridgehead atoms. The van der Waals surface area contributed by atoms with Crippen LogP contribution in [0, 0.1) is 0 Å². The van der Waals surface area contributed by atoms with E-state index in [1.807, 2.05) is 24.3 Å². The molecule has 0 fully saturated rings. The summed E-state index contributed by atoms with van der Waals surface area (Å²) in [6.45, 7) is 2.58. The highest BCUT2D eigenvalue weighted by Crippen LogP contribution is 2.33. The number of carbonyl (C=O) groups is 3. The largest absolute Gasteiger partial charge is 0.481 e. The molecule has 0 radical (unpaired) electrons. The van der Waals surface area contributed by atoms with Crippen molar-refractivity contribution in [1.29, 1.82) is 0 Å². The molecule has 142 valence electrons. The van der Waals surface area contributed by atoms with E-state index in [4.69, 9.17) is 9.84 Å². The van der Waals surface area contributed by atoms with E-state index in [0.29, 0.717) is 30.9 Å². The molecule has 7 heteroatoms. The van der Waals surface area contributed by atoms with Gasteiger partial charge in [-0.2, -0.15) is 0 Å². The Kier molecular flexibility index (Phi) is 7.44. The van der Waals surface area contributed by atoms with Crippen molar-refractivity contribution in [3.05, 3.63) is 24.3 Å². The van der Waals surface area contributed by atoms with Gasteiger partial charge in [0.1, 0.15) is 5.75 Å². The molecule has 0 saturated carbocycles. The molecular formula is C19H26N2O5. The number of hydrogen-bond donors (Lipinski definition) is 2. The number of fused-ring (bicyclic) bond motifs is 1. The van der Waals surface area contributed by atoms with Gasteiger partial charge in [-0.25, -0.2) is 0 Å². The number of nitrogens with zero attached hydrogens (tertiary/aromatic N) is 1. The second kappa shape index (κ2) is 9.79. The Hall–Kier alpha value is -2.57. The van der Waals surface area contributed by atoms with Crippen molar-refractivity contribution in [2.24, 2.45) is 0 Å². The van der Waals surface area contributed by atoms with Crippen LogP contribution in [-0.4, -0.2) is 42.1 Å². The van der Waals surface area contributed by atoms with Crippen molar-refractivity contribution in [2.45, 2.75) is 51.6 Å². The van der Waals surface area contributed by atoms with E-state index >= 15 is 0 Å². The fourth-order valence-electron chi connectivity index (χ4n) is 2.87. The molecule has 1 atom stereocenters. The molecule has 1 aromatic rings. The molecule has 2 N–H and O–H groups in total. The van der Waals surface area contributed by atoms with Gasteiger partial charge in [0.15, 0.2) is 6.10 Å². The van der Waals surface area contributed by atoms with E-state index in [2.05, 4.69) is 5.32 Å². The lowest BCUT2D eigenvalue weighted by molar-refractivity contribution is -0.137. The first kappa shape index (κ1) is 19.8. The molecule has 2 amide bonds. The maximum absolute atomic E-state index is 12.3. The number of hydrogen-bond acceptors (Lipinski definition) is 4. The van der Waals surface area contributed by atoms with Crippen LogP contribution in [0.4, 0.5) is 5.69 Å². The third-order valence-electron chi connectivity index (χ3n) is 4.28. The maximum atomic E-state index is 12.3. The molecule has 1 aromatic carbocycles. The number of aliphatic carboxylic acids is 1. The second-order valence-corrected chi connectivity index (χ2v) is 6.38. The van der Waals surface area contributed by atoms with Crippen LogP contribution in [0.3, 0.4) is 0 Å². The maximum Gasteiger partial charge on any atom is 0.303 e. The number of benzene rings is 1. The number of unbranched alkanes of at least 4 members (excludes halogenated alkanes) is 3. The topological polar surface area (TPSA) is 95.9 Å². The van der Waals surface area contributed by atoms with Crippen molar-refractivity contribution >= 4 is 23.5 Å². The molecule has 1 unspecified atom stereocenters. The molecular weight excluding hydrogens is 336 g/mol. The summed E-state index contributed by atoms with van der Waals surface area (Å²) < 4.78 is 5.58. The summed E-state index contributed by atoms with van der Waals surface area (Å²) in [5, 5.41) is 11.4. The van der Waals surface area contributed by atoms with E-state index in [1.54, 1.807) is 11.8 Å². The van der Waals surface area contributed by atoms with Gasteiger partial charge in [-0.05, 0) is 31.9 Å². The number of para-hydroxylation sites is 2. The Bertz CT molecular complexity index is 647. The molecule has 1 aliphatic heterocycles. The Morgan fingerprint density at radius 1 is 1.15 bits per heavy atom. The third-order valence-corrected chi connectivity index (χ3v) is 4.28. The predicted molar refractivity (Wildman–Crippen MR) is 97.2 cm³/mol. The van der Waals surface area contributed by atoms with Crippen LogP contribution in [0.1, 0.15) is 45.4 Å². The fraction of sp³-hybridized carbons (Fsp3) is 0.526. The molecule has 1 heterocycles. The van der Waals surface area contributed by atoms with Crippen LogP contribution >= 0.6 is 0 Å². The number of ether oxygens (including phenoxy) is 1. The average molecular weight is 362 g/mol. The number of nitrogens with one attached hydrogen (secondary N) is 1. The van der Waals surface area contributed by atoms with Gasteiger partial charge >= 0.3 is 5.97 Å². The summed E-state index contributed by atoms with van der Waals surface area (Å²) in [7, 11) is 0.